The molecule has 3 rings (SSSR count). The summed E-state index contributed by atoms with van der Waals surface area (Å²) in [6.45, 7) is 4.00. The minimum Gasteiger partial charge on any atom is -0.397 e. The molecule has 0 heterocycles. The van der Waals surface area contributed by atoms with E-state index in [2.05, 4.69) is 31.9 Å². The summed E-state index contributed by atoms with van der Waals surface area (Å²) in [4.78, 5) is 25.0. The van der Waals surface area contributed by atoms with E-state index in [9.17, 15) is 9.59 Å². The SMILES string of the molecule is CC.Nc1c(Br)cc(Br)c2c1C(=O)c1ccccc1C2=O. The summed E-state index contributed by atoms with van der Waals surface area (Å²) in [5.74, 6) is -0.402. The summed E-state index contributed by atoms with van der Waals surface area (Å²) in [6.07, 6.45) is 0. The van der Waals surface area contributed by atoms with E-state index in [1.807, 2.05) is 13.8 Å². The number of carbonyl (C=O) groups excluding carboxylic acids is 2. The number of halogens is 2. The molecule has 108 valence electrons. The van der Waals surface area contributed by atoms with Gasteiger partial charge >= 0.3 is 0 Å². The summed E-state index contributed by atoms with van der Waals surface area (Å²) in [6, 6.07) is 8.46. The topological polar surface area (TPSA) is 60.2 Å². The van der Waals surface area contributed by atoms with E-state index in [1.54, 1.807) is 30.3 Å². The maximum absolute atomic E-state index is 12.5. The molecule has 0 unspecified atom stereocenters. The summed E-state index contributed by atoms with van der Waals surface area (Å²) < 4.78 is 1.16. The van der Waals surface area contributed by atoms with E-state index >= 15 is 0 Å². The predicted molar refractivity (Wildman–Crippen MR) is 90.9 cm³/mol. The quantitative estimate of drug-likeness (QED) is 0.551. The number of nitrogen functional groups attached to an aromatic ring is 1. The lowest BCUT2D eigenvalue weighted by atomic mass is 9.83. The van der Waals surface area contributed by atoms with E-state index in [1.165, 1.54) is 0 Å². The van der Waals surface area contributed by atoms with Crippen molar-refractivity contribution in [3.8, 4) is 0 Å². The summed E-state index contributed by atoms with van der Waals surface area (Å²) in [5.41, 5.74) is 7.66. The maximum atomic E-state index is 12.5. The highest BCUT2D eigenvalue weighted by Gasteiger charge is 2.33. The average molecular weight is 411 g/mol. The van der Waals surface area contributed by atoms with E-state index in [0.29, 0.717) is 31.3 Å². The van der Waals surface area contributed by atoms with Gasteiger partial charge < -0.3 is 5.73 Å². The van der Waals surface area contributed by atoms with Gasteiger partial charge in [0.2, 0.25) is 0 Å². The molecule has 0 atom stereocenters. The van der Waals surface area contributed by atoms with Crippen LogP contribution in [0.5, 0.6) is 0 Å². The molecule has 1 aliphatic rings. The number of hydrogen-bond donors (Lipinski definition) is 1. The lowest BCUT2D eigenvalue weighted by Crippen LogP contribution is -2.23. The zero-order valence-electron chi connectivity index (χ0n) is 11.5. The minimum absolute atomic E-state index is 0.184. The number of fused-ring (bicyclic) bond motifs is 2. The van der Waals surface area contributed by atoms with Gasteiger partial charge in [0.1, 0.15) is 0 Å². The molecule has 0 aromatic heterocycles. The molecule has 2 aromatic rings. The first-order chi connectivity index (χ1) is 10.0. The molecule has 0 fully saturated rings. The van der Waals surface area contributed by atoms with Gasteiger partial charge in [0, 0.05) is 20.1 Å². The van der Waals surface area contributed by atoms with Crippen molar-refractivity contribution in [2.45, 2.75) is 13.8 Å². The normalized spacial score (nSPS) is 12.2. The first-order valence-electron chi connectivity index (χ1n) is 6.48. The van der Waals surface area contributed by atoms with Crippen LogP contribution in [0.1, 0.15) is 45.7 Å². The third kappa shape index (κ3) is 2.45. The molecule has 2 aromatic carbocycles. The Morgan fingerprint density at radius 1 is 0.857 bits per heavy atom. The van der Waals surface area contributed by atoms with Crippen molar-refractivity contribution in [2.24, 2.45) is 0 Å². The van der Waals surface area contributed by atoms with Crippen LogP contribution in [0.3, 0.4) is 0 Å². The summed E-state index contributed by atoms with van der Waals surface area (Å²) in [7, 11) is 0. The third-order valence-electron chi connectivity index (χ3n) is 3.14. The van der Waals surface area contributed by atoms with E-state index in [4.69, 9.17) is 5.73 Å². The van der Waals surface area contributed by atoms with Crippen LogP contribution < -0.4 is 5.73 Å². The number of carbonyl (C=O) groups is 2. The van der Waals surface area contributed by atoms with E-state index < -0.39 is 0 Å². The Balaban J connectivity index is 0.000000774. The van der Waals surface area contributed by atoms with Crippen molar-refractivity contribution in [3.05, 3.63) is 61.5 Å². The van der Waals surface area contributed by atoms with Crippen LogP contribution in [-0.4, -0.2) is 11.6 Å². The number of anilines is 1. The fourth-order valence-electron chi connectivity index (χ4n) is 2.24. The molecule has 0 bridgehead atoms. The van der Waals surface area contributed by atoms with Gasteiger partial charge in [0.05, 0.1) is 16.8 Å². The van der Waals surface area contributed by atoms with Crippen LogP contribution in [0, 0.1) is 0 Å². The lowest BCUT2D eigenvalue weighted by Gasteiger charge is -2.20. The second-order valence-electron chi connectivity index (χ2n) is 4.21. The van der Waals surface area contributed by atoms with Crippen molar-refractivity contribution in [1.82, 2.24) is 0 Å². The second kappa shape index (κ2) is 6.12. The largest absolute Gasteiger partial charge is 0.397 e. The van der Waals surface area contributed by atoms with Gasteiger partial charge in [-0.1, -0.05) is 38.1 Å². The van der Waals surface area contributed by atoms with E-state index in [0.717, 1.165) is 0 Å². The molecule has 0 aliphatic heterocycles. The summed E-state index contributed by atoms with van der Waals surface area (Å²) >= 11 is 6.62. The fraction of sp³-hybridized carbons (Fsp3) is 0.125. The molecule has 1 aliphatic carbocycles. The standard InChI is InChI=1S/C14H7Br2NO2.C2H6/c15-8-5-9(16)12(17)11-10(8)13(18)6-3-1-2-4-7(6)14(11)19;1-2/h1-5H,17H2;1-2H3. The Morgan fingerprint density at radius 2 is 1.33 bits per heavy atom. The molecule has 3 nitrogen and oxygen atoms in total. The van der Waals surface area contributed by atoms with Crippen LogP contribution >= 0.6 is 31.9 Å². The van der Waals surface area contributed by atoms with Crippen molar-refractivity contribution in [3.63, 3.8) is 0 Å². The zero-order chi connectivity index (χ0) is 15.7. The number of benzene rings is 2. The molecule has 0 saturated carbocycles. The monoisotopic (exact) mass is 409 g/mol. The van der Waals surface area contributed by atoms with Gasteiger partial charge in [0.25, 0.3) is 0 Å². The van der Waals surface area contributed by atoms with Crippen molar-refractivity contribution in [1.29, 1.82) is 0 Å². The molecular weight excluding hydrogens is 398 g/mol. The number of rotatable bonds is 0. The smallest absolute Gasteiger partial charge is 0.196 e. The fourth-order valence-corrected chi connectivity index (χ4v) is 3.58. The van der Waals surface area contributed by atoms with E-state index in [-0.39, 0.29) is 17.1 Å². The molecule has 0 spiro atoms. The van der Waals surface area contributed by atoms with Crippen LogP contribution in [0.15, 0.2) is 39.3 Å². The first-order valence-corrected chi connectivity index (χ1v) is 8.07. The molecule has 0 amide bonds. The van der Waals surface area contributed by atoms with Crippen molar-refractivity contribution >= 4 is 49.1 Å². The maximum Gasteiger partial charge on any atom is 0.196 e. The lowest BCUT2D eigenvalue weighted by molar-refractivity contribution is 0.0979. The molecular formula is C16H13Br2NO2. The highest BCUT2D eigenvalue weighted by Crippen LogP contribution is 2.38. The van der Waals surface area contributed by atoms with Crippen LogP contribution in [0.4, 0.5) is 5.69 Å². The Hall–Kier alpha value is -1.46. The summed E-state index contributed by atoms with van der Waals surface area (Å²) in [5, 5.41) is 0. The molecule has 21 heavy (non-hydrogen) atoms. The average Bonchev–Trinajstić information content (AvgIpc) is 2.50. The van der Waals surface area contributed by atoms with Gasteiger partial charge in [-0.05, 0) is 37.9 Å². The van der Waals surface area contributed by atoms with Gasteiger partial charge in [-0.3, -0.25) is 9.59 Å². The zero-order valence-corrected chi connectivity index (χ0v) is 14.7. The highest BCUT2D eigenvalue weighted by atomic mass is 79.9. The number of ketones is 2. The molecule has 0 radical (unpaired) electrons. The molecule has 0 saturated heterocycles. The second-order valence-corrected chi connectivity index (χ2v) is 5.92. The van der Waals surface area contributed by atoms with Gasteiger partial charge in [-0.25, -0.2) is 0 Å². The predicted octanol–water partition coefficient (Wildman–Crippen LogP) is 4.60. The Kier molecular flexibility index (Phi) is 4.64. The number of nitrogens with two attached hydrogens (primary N) is 1. The Bertz CT molecular complexity index is 754. The minimum atomic E-state index is -0.218. The van der Waals surface area contributed by atoms with Gasteiger partial charge in [0.15, 0.2) is 11.6 Å². The van der Waals surface area contributed by atoms with Crippen LogP contribution in [0.2, 0.25) is 0 Å². The third-order valence-corrected chi connectivity index (χ3v) is 4.42. The van der Waals surface area contributed by atoms with Crippen LogP contribution in [0.25, 0.3) is 0 Å². The van der Waals surface area contributed by atoms with Gasteiger partial charge in [-0.15, -0.1) is 0 Å². The number of hydrogen-bond acceptors (Lipinski definition) is 3. The molecule has 2 N–H and O–H groups in total. The first kappa shape index (κ1) is 15.9. The van der Waals surface area contributed by atoms with Crippen molar-refractivity contribution in [2.75, 3.05) is 5.73 Å². The highest BCUT2D eigenvalue weighted by molar-refractivity contribution is 9.11. The molecule has 5 heteroatoms. The Labute approximate surface area is 139 Å². The van der Waals surface area contributed by atoms with Gasteiger partial charge in [-0.2, -0.15) is 0 Å². The van der Waals surface area contributed by atoms with Crippen LogP contribution in [-0.2, 0) is 0 Å². The Morgan fingerprint density at radius 3 is 1.86 bits per heavy atom. The van der Waals surface area contributed by atoms with Crippen molar-refractivity contribution < 1.29 is 9.59 Å².